The highest BCUT2D eigenvalue weighted by atomic mass is 16.5. The normalized spacial score (nSPS) is 13.6. The number of aryl methyl sites for hydroxylation is 1. The Labute approximate surface area is 332 Å². The van der Waals surface area contributed by atoms with E-state index in [-0.39, 0.29) is 30.4 Å². The van der Waals surface area contributed by atoms with Gasteiger partial charge in [0.05, 0.1) is 6.61 Å². The zero-order chi connectivity index (χ0) is 41.0. The summed E-state index contributed by atoms with van der Waals surface area (Å²) in [4.78, 5) is 57.4. The van der Waals surface area contributed by atoms with E-state index in [0.29, 0.717) is 49.5 Å². The number of unbranched alkanes of at least 4 members (excludes halogenated alkanes) is 7. The number of hydrogen-bond donors (Lipinski definition) is 8. The summed E-state index contributed by atoms with van der Waals surface area (Å²) >= 11 is 0. The van der Waals surface area contributed by atoms with Gasteiger partial charge in [0.25, 0.3) is 5.91 Å². The first-order valence-corrected chi connectivity index (χ1v) is 20.5. The number of hydrogen-bond acceptors (Lipinski definition) is 8. The molecule has 0 aliphatic rings. The highest BCUT2D eigenvalue weighted by Crippen LogP contribution is 2.29. The molecule has 0 spiro atoms. The van der Waals surface area contributed by atoms with E-state index in [2.05, 4.69) is 20.9 Å². The molecule has 13 nitrogen and oxygen atoms in total. The number of carboxylic acids is 1. The van der Waals surface area contributed by atoms with Crippen LogP contribution in [0.15, 0.2) is 42.5 Å². The maximum absolute atomic E-state index is 14.3. The number of fused-ring (bicyclic) bond motifs is 1. The molecular formula is C43H66N6O7. The third-order valence-corrected chi connectivity index (χ3v) is 10.2. The zero-order valence-corrected chi connectivity index (χ0v) is 33.8. The van der Waals surface area contributed by atoms with E-state index in [4.69, 9.17) is 16.2 Å². The maximum atomic E-state index is 14.3. The quantitative estimate of drug-likeness (QED) is 0.0444. The Balaban J connectivity index is 1.93. The molecule has 3 aromatic rings. The van der Waals surface area contributed by atoms with Crippen LogP contribution in [0.4, 0.5) is 0 Å². The summed E-state index contributed by atoms with van der Waals surface area (Å²) in [7, 11) is 0. The van der Waals surface area contributed by atoms with Gasteiger partial charge in [-0.3, -0.25) is 14.4 Å². The number of carbonyl (C=O) groups excluding carboxylic acids is 3. The molecule has 10 N–H and O–H groups in total. The van der Waals surface area contributed by atoms with E-state index >= 15 is 0 Å². The number of phenols is 1. The first-order chi connectivity index (χ1) is 26.9. The van der Waals surface area contributed by atoms with Gasteiger partial charge in [0.2, 0.25) is 11.8 Å². The number of phenolic OH excluding ortho intramolecular Hbond substituents is 1. The van der Waals surface area contributed by atoms with Crippen LogP contribution in [-0.2, 0) is 27.2 Å². The molecule has 0 aliphatic heterocycles. The maximum Gasteiger partial charge on any atom is 0.326 e. The van der Waals surface area contributed by atoms with Gasteiger partial charge >= 0.3 is 5.97 Å². The van der Waals surface area contributed by atoms with Crippen molar-refractivity contribution in [1.29, 1.82) is 0 Å². The van der Waals surface area contributed by atoms with Crippen molar-refractivity contribution in [2.45, 2.75) is 129 Å². The largest absolute Gasteiger partial charge is 0.508 e. The molecule has 0 radical (unpaired) electrons. The number of aliphatic carboxylic acids is 1. The number of H-pyrrole nitrogens is 1. The van der Waals surface area contributed by atoms with Crippen molar-refractivity contribution in [3.8, 4) is 11.5 Å². The fraction of sp³-hybridized carbons (Fsp3) is 0.581. The number of aromatic nitrogens is 1. The number of nitrogens with two attached hydrogens (primary N) is 2. The number of carboxylic acid groups (broad SMARTS) is 1. The summed E-state index contributed by atoms with van der Waals surface area (Å²) in [6, 6.07) is 8.81. The lowest BCUT2D eigenvalue weighted by Crippen LogP contribution is -2.58. The molecule has 1 heterocycles. The van der Waals surface area contributed by atoms with Crippen molar-refractivity contribution < 1.29 is 34.1 Å². The Morgan fingerprint density at radius 2 is 1.43 bits per heavy atom. The molecule has 0 aliphatic carbocycles. The van der Waals surface area contributed by atoms with Gasteiger partial charge in [0.1, 0.15) is 35.3 Å². The number of benzene rings is 2. The van der Waals surface area contributed by atoms with Crippen molar-refractivity contribution in [1.82, 2.24) is 20.9 Å². The zero-order valence-electron chi connectivity index (χ0n) is 33.8. The third-order valence-electron chi connectivity index (χ3n) is 10.2. The van der Waals surface area contributed by atoms with Crippen LogP contribution in [0.3, 0.4) is 0 Å². The lowest BCUT2D eigenvalue weighted by molar-refractivity contribution is -0.143. The molecule has 3 amide bonds. The van der Waals surface area contributed by atoms with Gasteiger partial charge in [-0.05, 0) is 105 Å². The van der Waals surface area contributed by atoms with Crippen molar-refractivity contribution in [2.24, 2.45) is 23.3 Å². The molecule has 56 heavy (non-hydrogen) atoms. The minimum atomic E-state index is -1.15. The van der Waals surface area contributed by atoms with Crippen LogP contribution in [0, 0.1) is 11.8 Å². The van der Waals surface area contributed by atoms with Crippen LogP contribution >= 0.6 is 0 Å². The predicted octanol–water partition coefficient (Wildman–Crippen LogP) is 5.71. The van der Waals surface area contributed by atoms with Crippen LogP contribution in [0.25, 0.3) is 10.9 Å². The lowest BCUT2D eigenvalue weighted by atomic mass is 9.96. The topological polar surface area (TPSA) is 222 Å². The van der Waals surface area contributed by atoms with Crippen LogP contribution in [0.1, 0.15) is 120 Å². The Morgan fingerprint density at radius 3 is 2.05 bits per heavy atom. The number of aromatic amines is 1. The summed E-state index contributed by atoms with van der Waals surface area (Å²) < 4.78 is 6.11. The second kappa shape index (κ2) is 24.1. The number of ether oxygens (including phenoxy) is 1. The fourth-order valence-electron chi connectivity index (χ4n) is 6.75. The Bertz CT molecular complexity index is 1670. The van der Waals surface area contributed by atoms with Crippen molar-refractivity contribution in [3.63, 3.8) is 0 Å². The minimum absolute atomic E-state index is 0.0133. The number of nitrogens with one attached hydrogen (secondary N) is 4. The van der Waals surface area contributed by atoms with Crippen LogP contribution in [-0.4, -0.2) is 76.7 Å². The van der Waals surface area contributed by atoms with Gasteiger partial charge < -0.3 is 47.4 Å². The summed E-state index contributed by atoms with van der Waals surface area (Å²) in [5.74, 6) is -2.39. The SMILES string of the molecule is CC[C@H](C)[C@H](NC(=O)[C@H](Cc1ccc(O)cc1)NC(=O)c1[nH]c2ccc(OCCCCCCN)cc2c1CCCCCCCN)C(=O)N[C@@H](CC(C)C)C(=O)O. The second-order valence-electron chi connectivity index (χ2n) is 15.3. The number of rotatable bonds is 27. The molecule has 0 unspecified atom stereocenters. The van der Waals surface area contributed by atoms with Crippen LogP contribution in [0.5, 0.6) is 11.5 Å². The molecule has 0 saturated carbocycles. The van der Waals surface area contributed by atoms with Crippen molar-refractivity contribution >= 4 is 34.6 Å². The summed E-state index contributed by atoms with van der Waals surface area (Å²) in [6.07, 6.45) is 10.3. The number of carbonyl (C=O) groups is 4. The van der Waals surface area contributed by atoms with Crippen molar-refractivity contribution in [3.05, 3.63) is 59.3 Å². The average molecular weight is 779 g/mol. The Hall–Kier alpha value is -4.62. The third kappa shape index (κ3) is 14.8. The molecule has 0 saturated heterocycles. The molecule has 1 aromatic heterocycles. The van der Waals surface area contributed by atoms with Gasteiger partial charge in [-0.25, -0.2) is 4.79 Å². The van der Waals surface area contributed by atoms with Crippen LogP contribution < -0.4 is 32.2 Å². The van der Waals surface area contributed by atoms with Gasteiger partial charge in [-0.2, -0.15) is 0 Å². The Kier molecular flexibility index (Phi) is 19.7. The second-order valence-corrected chi connectivity index (χ2v) is 15.3. The van der Waals surface area contributed by atoms with Gasteiger partial charge in [0, 0.05) is 17.3 Å². The molecule has 310 valence electrons. The molecule has 2 aromatic carbocycles. The summed E-state index contributed by atoms with van der Waals surface area (Å²) in [6.45, 7) is 9.34. The average Bonchev–Trinajstić information content (AvgIpc) is 3.53. The standard InChI is InChI=1S/C43H66N6O7/c1-5-29(4)38(41(52)48-37(43(54)55)25-28(2)3)49-40(51)36(26-30-16-18-31(50)19-17-30)47-42(53)39-33(15-11-7-6-8-12-22-44)34-27-32(20-21-35(34)46-39)56-24-14-10-9-13-23-45/h16-21,27-29,36-38,46,50H,5-15,22-26,44-45H2,1-4H3,(H,47,53)(H,48,52)(H,49,51)(H,54,55)/t29-,36-,37-,38-/m0/s1. The van der Waals surface area contributed by atoms with E-state index in [1.165, 1.54) is 12.1 Å². The molecule has 0 bridgehead atoms. The molecular weight excluding hydrogens is 713 g/mol. The monoisotopic (exact) mass is 778 g/mol. The number of amides is 3. The summed E-state index contributed by atoms with van der Waals surface area (Å²) in [5, 5.41) is 29.0. The highest BCUT2D eigenvalue weighted by molar-refractivity contribution is 6.03. The van der Waals surface area contributed by atoms with Gasteiger partial charge in [-0.1, -0.05) is 78.4 Å². The molecule has 13 heteroatoms. The smallest absolute Gasteiger partial charge is 0.326 e. The summed E-state index contributed by atoms with van der Waals surface area (Å²) in [5.41, 5.74) is 13.9. The lowest BCUT2D eigenvalue weighted by Gasteiger charge is -2.28. The molecule has 3 rings (SSSR count). The number of aromatic hydroxyl groups is 1. The van der Waals surface area contributed by atoms with Gasteiger partial charge in [0.15, 0.2) is 0 Å². The van der Waals surface area contributed by atoms with E-state index < -0.39 is 41.8 Å². The Morgan fingerprint density at radius 1 is 0.786 bits per heavy atom. The first-order valence-electron chi connectivity index (χ1n) is 20.5. The van der Waals surface area contributed by atoms with Crippen molar-refractivity contribution in [2.75, 3.05) is 19.7 Å². The van der Waals surface area contributed by atoms with Gasteiger partial charge in [-0.15, -0.1) is 0 Å². The van der Waals surface area contributed by atoms with E-state index in [0.717, 1.165) is 74.3 Å². The molecule has 4 atom stereocenters. The first kappa shape index (κ1) is 45.8. The predicted molar refractivity (Wildman–Crippen MR) is 221 cm³/mol. The fourth-order valence-corrected chi connectivity index (χ4v) is 6.75. The van der Waals surface area contributed by atoms with E-state index in [1.54, 1.807) is 12.1 Å². The molecule has 0 fully saturated rings. The van der Waals surface area contributed by atoms with E-state index in [1.807, 2.05) is 45.9 Å². The van der Waals surface area contributed by atoms with E-state index in [9.17, 15) is 29.4 Å². The highest BCUT2D eigenvalue weighted by Gasteiger charge is 2.33. The van der Waals surface area contributed by atoms with Crippen LogP contribution in [0.2, 0.25) is 0 Å². The minimum Gasteiger partial charge on any atom is -0.508 e.